The number of nitrogens with zero attached hydrogens (tertiary/aromatic N) is 2. The highest BCUT2D eigenvalue weighted by Gasteiger charge is 2.44. The lowest BCUT2D eigenvalue weighted by Gasteiger charge is -2.28. The Bertz CT molecular complexity index is 745. The molecule has 0 radical (unpaired) electrons. The number of carboxylic acid groups (broad SMARTS) is 1. The highest BCUT2D eigenvalue weighted by atomic mass is 16.4. The van der Waals surface area contributed by atoms with E-state index in [2.05, 4.69) is 4.98 Å². The fourth-order valence-corrected chi connectivity index (χ4v) is 3.36. The number of rotatable bonds is 5. The maximum absolute atomic E-state index is 12.4. The third-order valence-corrected chi connectivity index (χ3v) is 4.59. The Hall–Kier alpha value is -2.69. The maximum atomic E-state index is 12.4. The minimum Gasteiger partial charge on any atom is -0.481 e. The number of aliphatic carboxylic acids is 1. The van der Waals surface area contributed by atoms with Gasteiger partial charge in [-0.1, -0.05) is 30.3 Å². The number of amides is 1. The zero-order valence-corrected chi connectivity index (χ0v) is 13.6. The zero-order chi connectivity index (χ0) is 17.1. The number of benzene rings is 1. The molecule has 1 fully saturated rings. The van der Waals surface area contributed by atoms with E-state index in [0.717, 1.165) is 16.8 Å². The monoisotopic (exact) mass is 324 g/mol. The summed E-state index contributed by atoms with van der Waals surface area (Å²) in [4.78, 5) is 30.1. The van der Waals surface area contributed by atoms with Crippen molar-refractivity contribution >= 4 is 11.9 Å². The molecule has 0 bridgehead atoms. The molecule has 124 valence electrons. The summed E-state index contributed by atoms with van der Waals surface area (Å²) in [5, 5.41) is 9.57. The quantitative estimate of drug-likeness (QED) is 0.918. The van der Waals surface area contributed by atoms with Gasteiger partial charge in [0.25, 0.3) is 0 Å². The van der Waals surface area contributed by atoms with Gasteiger partial charge in [-0.3, -0.25) is 14.6 Å². The molecule has 1 saturated heterocycles. The van der Waals surface area contributed by atoms with Crippen molar-refractivity contribution in [2.24, 2.45) is 5.92 Å². The van der Waals surface area contributed by atoms with Gasteiger partial charge in [0.2, 0.25) is 5.91 Å². The summed E-state index contributed by atoms with van der Waals surface area (Å²) in [6.45, 7) is 2.42. The van der Waals surface area contributed by atoms with Crippen molar-refractivity contribution in [2.45, 2.75) is 25.8 Å². The van der Waals surface area contributed by atoms with Crippen LogP contribution in [0.3, 0.4) is 0 Å². The Morgan fingerprint density at radius 3 is 2.67 bits per heavy atom. The van der Waals surface area contributed by atoms with Crippen LogP contribution >= 0.6 is 0 Å². The van der Waals surface area contributed by atoms with E-state index in [4.69, 9.17) is 0 Å². The van der Waals surface area contributed by atoms with Crippen LogP contribution in [0.1, 0.15) is 29.3 Å². The van der Waals surface area contributed by atoms with Crippen LogP contribution in [0.4, 0.5) is 0 Å². The van der Waals surface area contributed by atoms with Gasteiger partial charge in [-0.15, -0.1) is 0 Å². The molecule has 1 aliphatic rings. The fourth-order valence-electron chi connectivity index (χ4n) is 3.36. The lowest BCUT2D eigenvalue weighted by Crippen LogP contribution is -2.33. The van der Waals surface area contributed by atoms with E-state index in [-0.39, 0.29) is 12.3 Å². The van der Waals surface area contributed by atoms with Gasteiger partial charge in [-0.25, -0.2) is 0 Å². The summed E-state index contributed by atoms with van der Waals surface area (Å²) >= 11 is 0. The Labute approximate surface area is 140 Å². The first-order valence-electron chi connectivity index (χ1n) is 8.05. The first-order chi connectivity index (χ1) is 11.6. The normalized spacial score (nSPS) is 20.4. The van der Waals surface area contributed by atoms with Gasteiger partial charge in [-0.2, -0.15) is 0 Å². The number of aromatic nitrogens is 1. The lowest BCUT2D eigenvalue weighted by molar-refractivity contribution is -0.142. The van der Waals surface area contributed by atoms with E-state index in [1.54, 1.807) is 11.1 Å². The van der Waals surface area contributed by atoms with Crippen molar-refractivity contribution in [3.63, 3.8) is 0 Å². The highest BCUT2D eigenvalue weighted by molar-refractivity contribution is 5.87. The molecule has 5 heteroatoms. The molecule has 0 unspecified atom stereocenters. The van der Waals surface area contributed by atoms with Gasteiger partial charge in [0.1, 0.15) is 0 Å². The third kappa shape index (κ3) is 3.15. The molecule has 0 saturated carbocycles. The van der Waals surface area contributed by atoms with Crippen LogP contribution in [-0.2, 0) is 16.0 Å². The van der Waals surface area contributed by atoms with Crippen LogP contribution in [0.5, 0.6) is 0 Å². The number of carboxylic acids is 1. The summed E-state index contributed by atoms with van der Waals surface area (Å²) in [6.07, 6.45) is 2.39. The third-order valence-electron chi connectivity index (χ3n) is 4.59. The molecule has 2 atom stereocenters. The largest absolute Gasteiger partial charge is 0.481 e. The molecule has 2 aromatic rings. The minimum atomic E-state index is -0.920. The number of carbonyl (C=O) groups excluding carboxylic acids is 1. The van der Waals surface area contributed by atoms with E-state index >= 15 is 0 Å². The second-order valence-corrected chi connectivity index (χ2v) is 6.11. The van der Waals surface area contributed by atoms with Crippen LogP contribution in [0, 0.1) is 12.8 Å². The number of hydrogen-bond donors (Lipinski definition) is 1. The molecule has 1 aliphatic heterocycles. The van der Waals surface area contributed by atoms with E-state index < -0.39 is 17.9 Å². The van der Waals surface area contributed by atoms with Gasteiger partial charge in [0.15, 0.2) is 0 Å². The molecular weight excluding hydrogens is 304 g/mol. The predicted molar refractivity (Wildman–Crippen MR) is 89.3 cm³/mol. The highest BCUT2D eigenvalue weighted by Crippen LogP contribution is 2.39. The van der Waals surface area contributed by atoms with Gasteiger partial charge in [-0.05, 0) is 30.2 Å². The van der Waals surface area contributed by atoms with E-state index in [1.807, 2.05) is 49.4 Å². The van der Waals surface area contributed by atoms with Gasteiger partial charge >= 0.3 is 5.97 Å². The topological polar surface area (TPSA) is 70.5 Å². The van der Waals surface area contributed by atoms with Crippen molar-refractivity contribution in [3.8, 4) is 0 Å². The van der Waals surface area contributed by atoms with Crippen LogP contribution < -0.4 is 0 Å². The predicted octanol–water partition coefficient (Wildman–Crippen LogP) is 2.61. The zero-order valence-electron chi connectivity index (χ0n) is 13.6. The summed E-state index contributed by atoms with van der Waals surface area (Å²) in [7, 11) is 0. The van der Waals surface area contributed by atoms with Crippen LogP contribution in [0.25, 0.3) is 0 Å². The average molecular weight is 324 g/mol. The molecule has 1 aromatic heterocycles. The first-order valence-corrected chi connectivity index (χ1v) is 8.05. The molecule has 3 rings (SSSR count). The van der Waals surface area contributed by atoms with Crippen molar-refractivity contribution in [1.29, 1.82) is 0 Å². The molecule has 0 aliphatic carbocycles. The van der Waals surface area contributed by atoms with Gasteiger partial charge in [0, 0.05) is 31.3 Å². The maximum Gasteiger partial charge on any atom is 0.309 e. The second kappa shape index (κ2) is 6.83. The van der Waals surface area contributed by atoms with Gasteiger partial charge < -0.3 is 10.0 Å². The smallest absolute Gasteiger partial charge is 0.309 e. The molecule has 2 heterocycles. The second-order valence-electron chi connectivity index (χ2n) is 6.11. The number of aryl methyl sites for hydroxylation is 1. The minimum absolute atomic E-state index is 0.0521. The van der Waals surface area contributed by atoms with Crippen LogP contribution in [0.2, 0.25) is 0 Å². The average Bonchev–Trinajstić information content (AvgIpc) is 2.91. The summed E-state index contributed by atoms with van der Waals surface area (Å²) < 4.78 is 0. The number of pyridine rings is 1. The van der Waals surface area contributed by atoms with Gasteiger partial charge in [0.05, 0.1) is 12.0 Å². The standard InChI is InChI=1S/C19H20N2O3/c1-13-6-2-3-8-15(13)18-16(19(23)24)12-17(22)21(18)11-9-14-7-4-5-10-20-14/h2-8,10,16,18H,9,11-12H2,1H3,(H,23,24)/t16-,18+/m1/s1. The summed E-state index contributed by atoms with van der Waals surface area (Å²) in [6, 6.07) is 12.9. The van der Waals surface area contributed by atoms with E-state index in [1.165, 1.54) is 0 Å². The van der Waals surface area contributed by atoms with Crippen LogP contribution in [-0.4, -0.2) is 33.4 Å². The van der Waals surface area contributed by atoms with E-state index in [0.29, 0.717) is 13.0 Å². The molecule has 1 amide bonds. The number of hydrogen-bond acceptors (Lipinski definition) is 3. The summed E-state index contributed by atoms with van der Waals surface area (Å²) in [5.74, 6) is -1.73. The number of carbonyl (C=O) groups is 2. The van der Waals surface area contributed by atoms with Crippen LogP contribution in [0.15, 0.2) is 48.7 Å². The molecule has 5 nitrogen and oxygen atoms in total. The first kappa shape index (κ1) is 16.2. The van der Waals surface area contributed by atoms with Crippen molar-refractivity contribution in [1.82, 2.24) is 9.88 Å². The number of likely N-dealkylation sites (tertiary alicyclic amines) is 1. The fraction of sp³-hybridized carbons (Fsp3) is 0.316. The van der Waals surface area contributed by atoms with E-state index in [9.17, 15) is 14.7 Å². The van der Waals surface area contributed by atoms with Crippen molar-refractivity contribution < 1.29 is 14.7 Å². The molecule has 0 spiro atoms. The molecule has 1 aromatic carbocycles. The lowest BCUT2D eigenvalue weighted by atomic mass is 9.91. The molecule has 1 N–H and O–H groups in total. The Morgan fingerprint density at radius 1 is 1.25 bits per heavy atom. The van der Waals surface area contributed by atoms with Crippen molar-refractivity contribution in [2.75, 3.05) is 6.54 Å². The van der Waals surface area contributed by atoms with Crippen molar-refractivity contribution in [3.05, 3.63) is 65.5 Å². The SMILES string of the molecule is Cc1ccccc1[C@H]1[C@H](C(=O)O)CC(=O)N1CCc1ccccn1. The Kier molecular flexibility index (Phi) is 4.60. The Balaban J connectivity index is 1.88. The molecule has 24 heavy (non-hydrogen) atoms. The molecular formula is C19H20N2O3. The Morgan fingerprint density at radius 2 is 2.00 bits per heavy atom. The summed E-state index contributed by atoms with van der Waals surface area (Å²) in [5.41, 5.74) is 2.82.